The van der Waals surface area contributed by atoms with Gasteiger partial charge < -0.3 is 14.8 Å². The fraction of sp³-hybridized carbons (Fsp3) is 0.208. The van der Waals surface area contributed by atoms with Crippen LogP contribution >= 0.6 is 0 Å². The summed E-state index contributed by atoms with van der Waals surface area (Å²) in [6.07, 6.45) is 0.680. The summed E-state index contributed by atoms with van der Waals surface area (Å²) < 4.78 is 38.2. The second-order valence-electron chi connectivity index (χ2n) is 7.40. The summed E-state index contributed by atoms with van der Waals surface area (Å²) in [4.78, 5) is 12.8. The molecule has 0 aliphatic carbocycles. The van der Waals surface area contributed by atoms with E-state index in [-0.39, 0.29) is 10.8 Å². The van der Waals surface area contributed by atoms with Crippen molar-refractivity contribution in [3.8, 4) is 11.5 Å². The monoisotopic (exact) mass is 452 g/mol. The number of ether oxygens (including phenoxy) is 2. The van der Waals surface area contributed by atoms with Crippen LogP contribution in [-0.2, 0) is 23.0 Å². The van der Waals surface area contributed by atoms with Gasteiger partial charge in [0.1, 0.15) is 11.5 Å². The molecule has 4 rings (SSSR count). The average molecular weight is 453 g/mol. The van der Waals surface area contributed by atoms with E-state index < -0.39 is 10.0 Å². The molecule has 0 unspecified atom stereocenters. The molecule has 0 fully saturated rings. The summed E-state index contributed by atoms with van der Waals surface area (Å²) in [7, 11) is -0.607. The Labute approximate surface area is 187 Å². The highest BCUT2D eigenvalue weighted by molar-refractivity contribution is 7.89. The van der Waals surface area contributed by atoms with E-state index in [9.17, 15) is 13.2 Å². The first-order valence-electron chi connectivity index (χ1n) is 10.1. The predicted molar refractivity (Wildman–Crippen MR) is 122 cm³/mol. The molecule has 0 bridgehead atoms. The van der Waals surface area contributed by atoms with E-state index in [2.05, 4.69) is 5.32 Å². The van der Waals surface area contributed by atoms with Crippen molar-refractivity contribution in [1.82, 2.24) is 4.31 Å². The van der Waals surface area contributed by atoms with Crippen molar-refractivity contribution < 1.29 is 22.7 Å². The molecule has 166 valence electrons. The maximum Gasteiger partial charge on any atom is 0.255 e. The lowest BCUT2D eigenvalue weighted by Gasteiger charge is -2.28. The van der Waals surface area contributed by atoms with Crippen LogP contribution in [-0.4, -0.2) is 39.4 Å². The van der Waals surface area contributed by atoms with Gasteiger partial charge in [-0.3, -0.25) is 4.79 Å². The number of amides is 1. The van der Waals surface area contributed by atoms with Crippen LogP contribution in [0.5, 0.6) is 11.5 Å². The zero-order chi connectivity index (χ0) is 22.7. The van der Waals surface area contributed by atoms with Crippen LogP contribution in [0, 0.1) is 0 Å². The lowest BCUT2D eigenvalue weighted by molar-refractivity contribution is 0.102. The zero-order valence-corrected chi connectivity index (χ0v) is 18.7. The number of benzene rings is 3. The molecule has 7 nitrogen and oxygen atoms in total. The van der Waals surface area contributed by atoms with Crippen LogP contribution in [0.15, 0.2) is 71.6 Å². The highest BCUT2D eigenvalue weighted by Gasteiger charge is 2.28. The third-order valence-electron chi connectivity index (χ3n) is 5.51. The van der Waals surface area contributed by atoms with Crippen LogP contribution in [0.4, 0.5) is 5.69 Å². The molecule has 8 heteroatoms. The second kappa shape index (κ2) is 9.02. The summed E-state index contributed by atoms with van der Waals surface area (Å²) in [5.41, 5.74) is 3.03. The minimum absolute atomic E-state index is 0.162. The van der Waals surface area contributed by atoms with Gasteiger partial charge in [-0.2, -0.15) is 4.31 Å². The molecule has 0 atom stereocenters. The Morgan fingerprint density at radius 1 is 0.938 bits per heavy atom. The molecule has 1 N–H and O–H groups in total. The Morgan fingerprint density at radius 3 is 2.34 bits per heavy atom. The summed E-state index contributed by atoms with van der Waals surface area (Å²) in [6, 6.07) is 18.9. The molecule has 0 saturated heterocycles. The molecule has 0 aromatic heterocycles. The number of anilines is 1. The smallest absolute Gasteiger partial charge is 0.255 e. The van der Waals surface area contributed by atoms with Crippen molar-refractivity contribution in [2.45, 2.75) is 17.9 Å². The molecule has 1 aliphatic heterocycles. The maximum absolute atomic E-state index is 13.1. The van der Waals surface area contributed by atoms with Crippen molar-refractivity contribution in [3.63, 3.8) is 0 Å². The highest BCUT2D eigenvalue weighted by Crippen LogP contribution is 2.30. The van der Waals surface area contributed by atoms with E-state index in [1.54, 1.807) is 25.3 Å². The number of nitrogens with zero attached hydrogens (tertiary/aromatic N) is 1. The fourth-order valence-electron chi connectivity index (χ4n) is 3.70. The summed E-state index contributed by atoms with van der Waals surface area (Å²) >= 11 is 0. The Bertz CT molecular complexity index is 1240. The number of hydrogen-bond acceptors (Lipinski definition) is 5. The Balaban J connectivity index is 1.50. The summed E-state index contributed by atoms with van der Waals surface area (Å²) in [5.74, 6) is 0.696. The number of rotatable bonds is 6. The number of carbonyl (C=O) groups is 1. The second-order valence-corrected chi connectivity index (χ2v) is 9.34. The van der Waals surface area contributed by atoms with Gasteiger partial charge >= 0.3 is 0 Å². The lowest BCUT2D eigenvalue weighted by atomic mass is 10.0. The summed E-state index contributed by atoms with van der Waals surface area (Å²) in [5, 5.41) is 2.78. The van der Waals surface area contributed by atoms with Gasteiger partial charge in [-0.25, -0.2) is 8.42 Å². The largest absolute Gasteiger partial charge is 0.497 e. The normalized spacial score (nSPS) is 13.8. The molecular formula is C24H24N2O5S. The van der Waals surface area contributed by atoms with Gasteiger partial charge in [0.25, 0.3) is 5.91 Å². The molecule has 0 saturated carbocycles. The van der Waals surface area contributed by atoms with Crippen LogP contribution < -0.4 is 14.8 Å². The third kappa shape index (κ3) is 4.32. The predicted octanol–water partition coefficient (Wildman–Crippen LogP) is 3.70. The van der Waals surface area contributed by atoms with E-state index in [1.807, 2.05) is 24.3 Å². The van der Waals surface area contributed by atoms with Crippen LogP contribution in [0.25, 0.3) is 0 Å². The number of methoxy groups -OCH3 is 2. The van der Waals surface area contributed by atoms with Gasteiger partial charge in [0.2, 0.25) is 10.0 Å². The zero-order valence-electron chi connectivity index (χ0n) is 17.9. The number of nitrogens with one attached hydrogen (secondary N) is 1. The first-order chi connectivity index (χ1) is 15.4. The van der Waals surface area contributed by atoms with E-state index in [4.69, 9.17) is 9.47 Å². The minimum Gasteiger partial charge on any atom is -0.497 e. The molecule has 0 spiro atoms. The molecule has 3 aromatic carbocycles. The molecule has 1 amide bonds. The first kappa shape index (κ1) is 21.9. The van der Waals surface area contributed by atoms with Crippen LogP contribution in [0.3, 0.4) is 0 Å². The van der Waals surface area contributed by atoms with Crippen molar-refractivity contribution in [1.29, 1.82) is 0 Å². The quantitative estimate of drug-likeness (QED) is 0.616. The lowest BCUT2D eigenvalue weighted by Crippen LogP contribution is -2.35. The SMILES string of the molecule is COc1ccc(NC(=O)c2ccc(S(=O)(=O)N3CCc4ccccc4C3)cc2)c(OC)c1. The fourth-order valence-corrected chi connectivity index (χ4v) is 5.12. The standard InChI is InChI=1S/C24H24N2O5S/c1-30-20-9-12-22(23(15-20)31-2)25-24(27)18-7-10-21(11-8-18)32(28,29)26-14-13-17-5-3-4-6-19(17)16-26/h3-12,15H,13-14,16H2,1-2H3,(H,25,27). The molecule has 3 aromatic rings. The van der Waals surface area contributed by atoms with Crippen molar-refractivity contribution in [3.05, 3.63) is 83.4 Å². The van der Waals surface area contributed by atoms with Gasteiger partial charge in [-0.05, 0) is 53.9 Å². The van der Waals surface area contributed by atoms with Crippen molar-refractivity contribution in [2.24, 2.45) is 0 Å². The maximum atomic E-state index is 13.1. The van der Waals surface area contributed by atoms with Gasteiger partial charge in [-0.1, -0.05) is 24.3 Å². The topological polar surface area (TPSA) is 84.9 Å². The van der Waals surface area contributed by atoms with Gasteiger partial charge in [0.15, 0.2) is 0 Å². The number of sulfonamides is 1. The van der Waals surface area contributed by atoms with Crippen LogP contribution in [0.2, 0.25) is 0 Å². The van der Waals surface area contributed by atoms with Crippen molar-refractivity contribution in [2.75, 3.05) is 26.1 Å². The molecule has 32 heavy (non-hydrogen) atoms. The molecule has 0 radical (unpaired) electrons. The number of fused-ring (bicyclic) bond motifs is 1. The highest BCUT2D eigenvalue weighted by atomic mass is 32.2. The first-order valence-corrected chi connectivity index (χ1v) is 11.6. The minimum atomic E-state index is -3.66. The molecule has 1 aliphatic rings. The van der Waals surface area contributed by atoms with Gasteiger partial charge in [0.05, 0.1) is 24.8 Å². The van der Waals surface area contributed by atoms with E-state index in [1.165, 1.54) is 41.2 Å². The number of hydrogen-bond donors (Lipinski definition) is 1. The van der Waals surface area contributed by atoms with Gasteiger partial charge in [-0.15, -0.1) is 0 Å². The van der Waals surface area contributed by atoms with Gasteiger partial charge in [0, 0.05) is 24.7 Å². The summed E-state index contributed by atoms with van der Waals surface area (Å²) in [6.45, 7) is 0.775. The van der Waals surface area contributed by atoms with E-state index >= 15 is 0 Å². The average Bonchev–Trinajstić information content (AvgIpc) is 2.84. The Hall–Kier alpha value is -3.36. The molecular weight excluding hydrogens is 428 g/mol. The Kier molecular flexibility index (Phi) is 6.16. The number of carbonyl (C=O) groups excluding carboxylic acids is 1. The van der Waals surface area contributed by atoms with E-state index in [0.717, 1.165) is 5.56 Å². The van der Waals surface area contributed by atoms with Crippen molar-refractivity contribution >= 4 is 21.6 Å². The molecule has 1 heterocycles. The Morgan fingerprint density at radius 2 is 1.66 bits per heavy atom. The van der Waals surface area contributed by atoms with E-state index in [0.29, 0.717) is 42.3 Å². The third-order valence-corrected chi connectivity index (χ3v) is 7.37. The van der Waals surface area contributed by atoms with Crippen LogP contribution in [0.1, 0.15) is 21.5 Å².